The second-order valence-corrected chi connectivity index (χ2v) is 5.40. The first-order valence-electron chi connectivity index (χ1n) is 6.50. The Balaban J connectivity index is 2.67. The van der Waals surface area contributed by atoms with Crippen molar-refractivity contribution in [3.63, 3.8) is 0 Å². The molecule has 0 spiro atoms. The number of hydrogen-bond acceptors (Lipinski definition) is 3. The summed E-state index contributed by atoms with van der Waals surface area (Å²) in [6.45, 7) is 12.1. The molecule has 0 heterocycles. The molecule has 0 amide bonds. The maximum Gasteiger partial charge on any atom is 0.217 e. The minimum absolute atomic E-state index is 0.329. The van der Waals surface area contributed by atoms with Crippen molar-refractivity contribution in [3.05, 3.63) is 42.5 Å². The zero-order valence-corrected chi connectivity index (χ0v) is 12.5. The normalized spacial score (nSPS) is 13.6. The van der Waals surface area contributed by atoms with Crippen molar-refractivity contribution in [1.29, 1.82) is 0 Å². The summed E-state index contributed by atoms with van der Waals surface area (Å²) in [4.78, 5) is 10.9. The van der Waals surface area contributed by atoms with Crippen LogP contribution < -0.4 is 0 Å². The fraction of sp³-hybridized carbons (Fsp3) is 0.500. The Labute approximate surface area is 116 Å². The van der Waals surface area contributed by atoms with E-state index in [4.69, 9.17) is 14.5 Å². The molecule has 0 aromatic heterocycles. The zero-order valence-electron chi connectivity index (χ0n) is 12.5. The zero-order chi connectivity index (χ0) is 14.5. The van der Waals surface area contributed by atoms with Crippen molar-refractivity contribution in [2.24, 2.45) is 5.92 Å². The predicted octanol–water partition coefficient (Wildman–Crippen LogP) is 4.06. The average Bonchev–Trinajstić information content (AvgIpc) is 2.40. The van der Waals surface area contributed by atoms with Crippen molar-refractivity contribution in [3.8, 4) is 0 Å². The van der Waals surface area contributed by atoms with Crippen LogP contribution in [0.25, 0.3) is 5.57 Å². The smallest absolute Gasteiger partial charge is 0.217 e. The van der Waals surface area contributed by atoms with Gasteiger partial charge in [0.2, 0.25) is 6.29 Å². The van der Waals surface area contributed by atoms with Gasteiger partial charge in [-0.15, -0.1) is 0 Å². The molecule has 0 N–H and O–H groups in total. The van der Waals surface area contributed by atoms with Crippen LogP contribution in [0.15, 0.2) is 36.9 Å². The van der Waals surface area contributed by atoms with Crippen LogP contribution >= 0.6 is 0 Å². The highest BCUT2D eigenvalue weighted by Gasteiger charge is 2.27. The van der Waals surface area contributed by atoms with Gasteiger partial charge in [-0.3, -0.25) is 0 Å². The molecule has 3 nitrogen and oxygen atoms in total. The van der Waals surface area contributed by atoms with Gasteiger partial charge in [0, 0.05) is 12.7 Å². The molecule has 0 saturated heterocycles. The third kappa shape index (κ3) is 4.46. The number of ether oxygens (including phenoxy) is 1. The quantitative estimate of drug-likeness (QED) is 0.422. The number of hydrogen-bond donors (Lipinski definition) is 0. The summed E-state index contributed by atoms with van der Waals surface area (Å²) >= 11 is 0. The van der Waals surface area contributed by atoms with Crippen molar-refractivity contribution in [1.82, 2.24) is 0 Å². The molecule has 0 aliphatic carbocycles. The molecule has 19 heavy (non-hydrogen) atoms. The average molecular weight is 264 g/mol. The van der Waals surface area contributed by atoms with Gasteiger partial charge in [-0.05, 0) is 25.3 Å². The van der Waals surface area contributed by atoms with E-state index in [9.17, 15) is 0 Å². The van der Waals surface area contributed by atoms with Crippen LogP contribution in [0.3, 0.4) is 0 Å². The predicted molar refractivity (Wildman–Crippen MR) is 77.4 cm³/mol. The van der Waals surface area contributed by atoms with E-state index in [0.717, 1.165) is 11.1 Å². The van der Waals surface area contributed by atoms with Gasteiger partial charge in [-0.1, -0.05) is 50.8 Å². The summed E-state index contributed by atoms with van der Waals surface area (Å²) in [5.41, 5.74) is 1.33. The molecule has 0 aliphatic heterocycles. The summed E-state index contributed by atoms with van der Waals surface area (Å²) in [5.74, 6) is 0.329. The van der Waals surface area contributed by atoms with E-state index in [2.05, 4.69) is 20.4 Å². The fourth-order valence-corrected chi connectivity index (χ4v) is 1.29. The van der Waals surface area contributed by atoms with Crippen LogP contribution in [0.1, 0.15) is 33.3 Å². The highest BCUT2D eigenvalue weighted by atomic mass is 17.2. The Kier molecular flexibility index (Phi) is 5.73. The van der Waals surface area contributed by atoms with Gasteiger partial charge in [0.25, 0.3) is 0 Å². The Morgan fingerprint density at radius 1 is 1.16 bits per heavy atom. The molecule has 0 aliphatic rings. The lowest BCUT2D eigenvalue weighted by molar-refractivity contribution is -0.408. The lowest BCUT2D eigenvalue weighted by Crippen LogP contribution is -2.33. The van der Waals surface area contributed by atoms with E-state index in [1.807, 2.05) is 44.2 Å². The minimum Gasteiger partial charge on any atom is -0.349 e. The van der Waals surface area contributed by atoms with Crippen LogP contribution in [-0.4, -0.2) is 19.0 Å². The molecule has 1 atom stereocenters. The monoisotopic (exact) mass is 264 g/mol. The SMILES string of the molecule is C=C(c1ccccc1)C(OC)OOC(C)(C)C(C)C. The summed E-state index contributed by atoms with van der Waals surface area (Å²) < 4.78 is 5.29. The number of rotatable bonds is 7. The molecular weight excluding hydrogens is 240 g/mol. The molecule has 0 saturated carbocycles. The van der Waals surface area contributed by atoms with Gasteiger partial charge < -0.3 is 4.74 Å². The summed E-state index contributed by atoms with van der Waals surface area (Å²) in [6.07, 6.45) is -0.611. The second kappa shape index (κ2) is 6.85. The molecule has 106 valence electrons. The molecule has 3 heteroatoms. The van der Waals surface area contributed by atoms with Crippen LogP contribution in [0, 0.1) is 5.92 Å². The molecule has 1 aromatic carbocycles. The Hall–Kier alpha value is -1.16. The first kappa shape index (κ1) is 15.9. The van der Waals surface area contributed by atoms with Crippen molar-refractivity contribution < 1.29 is 14.5 Å². The van der Waals surface area contributed by atoms with Gasteiger partial charge in [-0.25, -0.2) is 4.89 Å². The molecule has 1 aromatic rings. The van der Waals surface area contributed by atoms with Gasteiger partial charge in [0.15, 0.2) is 0 Å². The molecule has 1 unspecified atom stereocenters. The summed E-state index contributed by atoms with van der Waals surface area (Å²) in [7, 11) is 1.57. The number of benzene rings is 1. The topological polar surface area (TPSA) is 27.7 Å². The summed E-state index contributed by atoms with van der Waals surface area (Å²) in [5, 5.41) is 0. The molecule has 0 radical (unpaired) electrons. The van der Waals surface area contributed by atoms with Crippen molar-refractivity contribution in [2.45, 2.75) is 39.6 Å². The van der Waals surface area contributed by atoms with E-state index >= 15 is 0 Å². The largest absolute Gasteiger partial charge is 0.349 e. The Bertz CT molecular complexity index is 396. The highest BCUT2D eigenvalue weighted by Crippen LogP contribution is 2.25. The van der Waals surface area contributed by atoms with E-state index in [0.29, 0.717) is 5.92 Å². The minimum atomic E-state index is -0.611. The van der Waals surface area contributed by atoms with E-state index in [1.165, 1.54) is 0 Å². The Morgan fingerprint density at radius 3 is 2.21 bits per heavy atom. The lowest BCUT2D eigenvalue weighted by atomic mass is 9.95. The first-order chi connectivity index (χ1) is 8.88. The Morgan fingerprint density at radius 2 is 1.74 bits per heavy atom. The maximum atomic E-state index is 5.50. The van der Waals surface area contributed by atoms with E-state index in [-0.39, 0.29) is 5.60 Å². The van der Waals surface area contributed by atoms with Gasteiger partial charge in [0.05, 0.1) is 0 Å². The molecule has 1 rings (SSSR count). The molecule has 0 bridgehead atoms. The van der Waals surface area contributed by atoms with Crippen LogP contribution in [0.4, 0.5) is 0 Å². The van der Waals surface area contributed by atoms with E-state index in [1.54, 1.807) is 7.11 Å². The van der Waals surface area contributed by atoms with Crippen molar-refractivity contribution in [2.75, 3.05) is 7.11 Å². The maximum absolute atomic E-state index is 5.50. The van der Waals surface area contributed by atoms with Gasteiger partial charge >= 0.3 is 0 Å². The third-order valence-electron chi connectivity index (χ3n) is 3.38. The third-order valence-corrected chi connectivity index (χ3v) is 3.38. The molecule has 0 fully saturated rings. The lowest BCUT2D eigenvalue weighted by Gasteiger charge is -2.30. The summed E-state index contributed by atoms with van der Waals surface area (Å²) in [6, 6.07) is 9.78. The van der Waals surface area contributed by atoms with Gasteiger partial charge in [-0.2, -0.15) is 4.89 Å². The second-order valence-electron chi connectivity index (χ2n) is 5.40. The van der Waals surface area contributed by atoms with Crippen molar-refractivity contribution >= 4 is 5.57 Å². The highest BCUT2D eigenvalue weighted by molar-refractivity contribution is 5.65. The van der Waals surface area contributed by atoms with Crippen LogP contribution in [0.2, 0.25) is 0 Å². The van der Waals surface area contributed by atoms with Gasteiger partial charge in [0.1, 0.15) is 5.60 Å². The van der Waals surface area contributed by atoms with Crippen LogP contribution in [0.5, 0.6) is 0 Å². The van der Waals surface area contributed by atoms with E-state index < -0.39 is 6.29 Å². The fourth-order valence-electron chi connectivity index (χ4n) is 1.29. The molecular formula is C16H24O3. The number of methoxy groups -OCH3 is 1. The standard InChI is InChI=1S/C16H24O3/c1-12(2)16(4,5)19-18-15(17-6)13(3)14-10-8-7-9-11-14/h7-12,15H,3H2,1-2,4-6H3. The first-order valence-corrected chi connectivity index (χ1v) is 6.50. The van der Waals surface area contributed by atoms with Crippen LogP contribution in [-0.2, 0) is 14.5 Å².